The van der Waals surface area contributed by atoms with Gasteiger partial charge in [-0.2, -0.15) is 10.5 Å². The van der Waals surface area contributed by atoms with Crippen LogP contribution >= 0.6 is 31.9 Å². The molecule has 0 atom stereocenters. The summed E-state index contributed by atoms with van der Waals surface area (Å²) in [5.74, 6) is 0. The fraction of sp³-hybridized carbons (Fsp3) is 0. The van der Waals surface area contributed by atoms with Crippen molar-refractivity contribution in [2.75, 3.05) is 0 Å². The molecule has 0 unspecified atom stereocenters. The predicted octanol–water partition coefficient (Wildman–Crippen LogP) is 6.05. The van der Waals surface area contributed by atoms with Crippen LogP contribution in [0.5, 0.6) is 0 Å². The van der Waals surface area contributed by atoms with E-state index in [1.807, 2.05) is 28.8 Å². The van der Waals surface area contributed by atoms with Gasteiger partial charge in [0.1, 0.15) is 12.1 Å². The summed E-state index contributed by atoms with van der Waals surface area (Å²) in [6.07, 6.45) is 0. The fourth-order valence-corrected chi connectivity index (χ4v) is 3.90. The quantitative estimate of drug-likeness (QED) is 0.354. The van der Waals surface area contributed by atoms with Gasteiger partial charge in [-0.05, 0) is 48.5 Å². The largest absolute Gasteiger partial charge is 0.307 e. The van der Waals surface area contributed by atoms with Gasteiger partial charge in [-0.1, -0.05) is 37.9 Å². The van der Waals surface area contributed by atoms with E-state index in [9.17, 15) is 10.5 Å². The molecule has 25 heavy (non-hydrogen) atoms. The number of para-hydroxylation sites is 1. The van der Waals surface area contributed by atoms with Crippen LogP contribution in [0, 0.1) is 22.7 Å². The third kappa shape index (κ3) is 2.44. The number of nitriles is 2. The summed E-state index contributed by atoms with van der Waals surface area (Å²) in [5.41, 5.74) is 3.48. The molecule has 0 radical (unpaired) electrons. The summed E-state index contributed by atoms with van der Waals surface area (Å²) in [5, 5.41) is 21.3. The summed E-state index contributed by atoms with van der Waals surface area (Å²) in [4.78, 5) is 0. The van der Waals surface area contributed by atoms with Crippen molar-refractivity contribution >= 4 is 53.7 Å². The lowest BCUT2D eigenvalue weighted by Gasteiger charge is -2.11. The molecule has 0 N–H and O–H groups in total. The summed E-state index contributed by atoms with van der Waals surface area (Å²) in [6.45, 7) is 0. The molecule has 3 nitrogen and oxygen atoms in total. The average Bonchev–Trinajstić information content (AvgIpc) is 2.93. The number of fused-ring (bicyclic) bond motifs is 3. The number of benzene rings is 3. The molecule has 0 spiro atoms. The summed E-state index contributed by atoms with van der Waals surface area (Å²) < 4.78 is 3.96. The van der Waals surface area contributed by atoms with Crippen LogP contribution in [0.3, 0.4) is 0 Å². The maximum absolute atomic E-state index is 9.58. The van der Waals surface area contributed by atoms with Crippen LogP contribution in [0.4, 0.5) is 0 Å². The van der Waals surface area contributed by atoms with Crippen molar-refractivity contribution in [2.24, 2.45) is 0 Å². The first-order chi connectivity index (χ1) is 12.1. The summed E-state index contributed by atoms with van der Waals surface area (Å²) in [7, 11) is 0. The van der Waals surface area contributed by atoms with E-state index in [0.717, 1.165) is 30.8 Å². The topological polar surface area (TPSA) is 52.5 Å². The first kappa shape index (κ1) is 15.9. The highest BCUT2D eigenvalue weighted by molar-refractivity contribution is 9.10. The van der Waals surface area contributed by atoms with Crippen molar-refractivity contribution in [3.8, 4) is 17.8 Å². The van der Waals surface area contributed by atoms with Crippen molar-refractivity contribution < 1.29 is 0 Å². The van der Waals surface area contributed by atoms with Gasteiger partial charge in [0.25, 0.3) is 0 Å². The van der Waals surface area contributed by atoms with E-state index in [1.54, 1.807) is 18.2 Å². The predicted molar refractivity (Wildman–Crippen MR) is 106 cm³/mol. The monoisotopic (exact) mass is 449 g/mol. The highest BCUT2D eigenvalue weighted by Crippen LogP contribution is 2.36. The van der Waals surface area contributed by atoms with Gasteiger partial charge in [0.2, 0.25) is 0 Å². The van der Waals surface area contributed by atoms with Gasteiger partial charge in [-0.25, -0.2) is 0 Å². The van der Waals surface area contributed by atoms with Crippen LogP contribution in [0.15, 0.2) is 63.5 Å². The van der Waals surface area contributed by atoms with E-state index in [0.29, 0.717) is 16.8 Å². The highest BCUT2D eigenvalue weighted by atomic mass is 79.9. The van der Waals surface area contributed by atoms with Crippen LogP contribution < -0.4 is 0 Å². The van der Waals surface area contributed by atoms with Gasteiger partial charge < -0.3 is 4.57 Å². The minimum absolute atomic E-state index is 0.476. The van der Waals surface area contributed by atoms with Gasteiger partial charge in [-0.15, -0.1) is 0 Å². The molecule has 4 rings (SSSR count). The van der Waals surface area contributed by atoms with Crippen molar-refractivity contribution in [2.45, 2.75) is 0 Å². The van der Waals surface area contributed by atoms with Crippen molar-refractivity contribution in [1.82, 2.24) is 4.57 Å². The van der Waals surface area contributed by atoms with Gasteiger partial charge in [0.05, 0.1) is 27.8 Å². The van der Waals surface area contributed by atoms with Crippen LogP contribution in [-0.4, -0.2) is 4.57 Å². The molecule has 3 aromatic carbocycles. The Bertz CT molecular complexity index is 1150. The molecule has 118 valence electrons. The molecule has 1 aromatic heterocycles. The molecule has 0 saturated carbocycles. The molecule has 0 aliphatic rings. The highest BCUT2D eigenvalue weighted by Gasteiger charge is 2.18. The fourth-order valence-electron chi connectivity index (χ4n) is 3.17. The second kappa shape index (κ2) is 6.04. The Morgan fingerprint density at radius 3 is 1.64 bits per heavy atom. The SMILES string of the molecule is N#Cc1cccc(C#N)c1-n1c2ccc(Br)cc2c2cc(Br)ccc21. The molecule has 0 saturated heterocycles. The molecule has 1 heterocycles. The third-order valence-corrected chi connectivity index (χ3v) is 5.18. The minimum atomic E-state index is 0.476. The summed E-state index contributed by atoms with van der Waals surface area (Å²) in [6, 6.07) is 21.7. The Morgan fingerprint density at radius 1 is 0.720 bits per heavy atom. The van der Waals surface area contributed by atoms with Gasteiger partial charge >= 0.3 is 0 Å². The number of nitrogens with zero attached hydrogens (tertiary/aromatic N) is 3. The molecule has 0 aliphatic carbocycles. The second-order valence-corrected chi connectivity index (χ2v) is 7.42. The normalized spacial score (nSPS) is 10.7. The minimum Gasteiger partial charge on any atom is -0.307 e. The van der Waals surface area contributed by atoms with Gasteiger partial charge in [0.15, 0.2) is 0 Å². The Kier molecular flexibility index (Phi) is 3.84. The van der Waals surface area contributed by atoms with Crippen molar-refractivity contribution in [3.05, 3.63) is 74.7 Å². The lowest BCUT2D eigenvalue weighted by molar-refractivity contribution is 1.15. The van der Waals surface area contributed by atoms with E-state index < -0.39 is 0 Å². The number of aromatic nitrogens is 1. The zero-order valence-electron chi connectivity index (χ0n) is 12.8. The average molecular weight is 451 g/mol. The summed E-state index contributed by atoms with van der Waals surface area (Å²) >= 11 is 7.07. The number of hydrogen-bond acceptors (Lipinski definition) is 2. The molecule has 0 fully saturated rings. The molecular formula is C20H9Br2N3. The first-order valence-corrected chi connectivity index (χ1v) is 9.05. The van der Waals surface area contributed by atoms with E-state index in [-0.39, 0.29) is 0 Å². The maximum atomic E-state index is 9.58. The first-order valence-electron chi connectivity index (χ1n) is 7.47. The van der Waals surface area contributed by atoms with Crippen LogP contribution in [-0.2, 0) is 0 Å². The zero-order valence-corrected chi connectivity index (χ0v) is 16.0. The number of hydrogen-bond donors (Lipinski definition) is 0. The lowest BCUT2D eigenvalue weighted by Crippen LogP contribution is -2.00. The molecule has 0 amide bonds. The Labute approximate surface area is 161 Å². The third-order valence-electron chi connectivity index (χ3n) is 4.19. The lowest BCUT2D eigenvalue weighted by atomic mass is 10.1. The molecule has 0 bridgehead atoms. The van der Waals surface area contributed by atoms with Gasteiger partial charge in [0, 0.05) is 19.7 Å². The molecule has 4 aromatic rings. The molecular weight excluding hydrogens is 442 g/mol. The Hall–Kier alpha value is -2.60. The van der Waals surface area contributed by atoms with E-state index in [4.69, 9.17) is 0 Å². The molecule has 5 heteroatoms. The van der Waals surface area contributed by atoms with Crippen molar-refractivity contribution in [1.29, 1.82) is 10.5 Å². The Morgan fingerprint density at radius 2 is 1.20 bits per heavy atom. The van der Waals surface area contributed by atoms with E-state index >= 15 is 0 Å². The van der Waals surface area contributed by atoms with Crippen molar-refractivity contribution in [3.63, 3.8) is 0 Å². The standard InChI is InChI=1S/C20H9Br2N3/c21-14-4-6-18-16(8-14)17-9-15(22)5-7-19(17)25(18)20-12(10-23)2-1-3-13(20)11-24/h1-9H. The van der Waals surface area contributed by atoms with E-state index in [2.05, 4.69) is 56.1 Å². The molecule has 0 aliphatic heterocycles. The van der Waals surface area contributed by atoms with Crippen LogP contribution in [0.2, 0.25) is 0 Å². The van der Waals surface area contributed by atoms with Crippen LogP contribution in [0.25, 0.3) is 27.5 Å². The Balaban J connectivity index is 2.28. The number of halogens is 2. The second-order valence-electron chi connectivity index (χ2n) is 5.58. The number of rotatable bonds is 1. The van der Waals surface area contributed by atoms with Crippen LogP contribution in [0.1, 0.15) is 11.1 Å². The maximum Gasteiger partial charge on any atom is 0.101 e. The van der Waals surface area contributed by atoms with Gasteiger partial charge in [-0.3, -0.25) is 0 Å². The van der Waals surface area contributed by atoms with E-state index in [1.165, 1.54) is 0 Å². The smallest absolute Gasteiger partial charge is 0.101 e. The zero-order chi connectivity index (χ0) is 17.6.